The van der Waals surface area contributed by atoms with Crippen LogP contribution in [0.4, 0.5) is 0 Å². The summed E-state index contributed by atoms with van der Waals surface area (Å²) in [6.07, 6.45) is 9.68. The molecule has 2 fully saturated rings. The van der Waals surface area contributed by atoms with Crippen molar-refractivity contribution in [1.29, 1.82) is 0 Å². The molecule has 2 aliphatic rings. The maximum atomic E-state index is 12.1. The molecule has 0 radical (unpaired) electrons. The molecule has 0 amide bonds. The standard InChI is InChI=1S/C14H26O3S/c1-11(15)12-7-9-13(10-8-12)17-18(16)14-5-3-2-4-6-14/h11-15H,2-10H2,1H3. The summed E-state index contributed by atoms with van der Waals surface area (Å²) < 4.78 is 17.9. The lowest BCUT2D eigenvalue weighted by Gasteiger charge is -2.30. The third kappa shape index (κ3) is 4.04. The van der Waals surface area contributed by atoms with Gasteiger partial charge in [0, 0.05) is 0 Å². The van der Waals surface area contributed by atoms with Crippen LogP contribution in [0.3, 0.4) is 0 Å². The Morgan fingerprint density at radius 1 is 1.06 bits per heavy atom. The van der Waals surface area contributed by atoms with Gasteiger partial charge in [0.25, 0.3) is 0 Å². The second-order valence-corrected chi connectivity index (χ2v) is 7.27. The molecule has 0 aliphatic heterocycles. The fraction of sp³-hybridized carbons (Fsp3) is 1.00. The van der Waals surface area contributed by atoms with Crippen LogP contribution < -0.4 is 0 Å². The van der Waals surface area contributed by atoms with Crippen LogP contribution in [-0.4, -0.2) is 26.8 Å². The van der Waals surface area contributed by atoms with E-state index >= 15 is 0 Å². The highest BCUT2D eigenvalue weighted by molar-refractivity contribution is 7.80. The molecule has 0 aromatic heterocycles. The molecule has 2 aliphatic carbocycles. The maximum Gasteiger partial charge on any atom is 0.158 e. The number of aliphatic hydroxyl groups excluding tert-OH is 1. The van der Waals surface area contributed by atoms with Crippen molar-refractivity contribution < 1.29 is 13.5 Å². The first-order valence-electron chi connectivity index (χ1n) is 7.42. The lowest BCUT2D eigenvalue weighted by Crippen LogP contribution is -2.30. The van der Waals surface area contributed by atoms with Crippen LogP contribution in [0.1, 0.15) is 64.7 Å². The van der Waals surface area contributed by atoms with Gasteiger partial charge in [0.2, 0.25) is 0 Å². The molecule has 4 heteroatoms. The fourth-order valence-corrected chi connectivity index (χ4v) is 4.47. The molecule has 0 spiro atoms. The van der Waals surface area contributed by atoms with Crippen molar-refractivity contribution in [2.75, 3.05) is 0 Å². The first kappa shape index (κ1) is 14.5. The second-order valence-electron chi connectivity index (χ2n) is 5.89. The monoisotopic (exact) mass is 274 g/mol. The average Bonchev–Trinajstić information content (AvgIpc) is 2.40. The first-order valence-corrected chi connectivity index (χ1v) is 8.56. The molecule has 2 unspecified atom stereocenters. The molecule has 0 bridgehead atoms. The van der Waals surface area contributed by atoms with Gasteiger partial charge >= 0.3 is 0 Å². The predicted molar refractivity (Wildman–Crippen MR) is 73.5 cm³/mol. The van der Waals surface area contributed by atoms with E-state index in [1.807, 2.05) is 6.92 Å². The van der Waals surface area contributed by atoms with E-state index < -0.39 is 11.1 Å². The van der Waals surface area contributed by atoms with E-state index in [1.54, 1.807) is 0 Å². The van der Waals surface area contributed by atoms with Gasteiger partial charge in [-0.15, -0.1) is 0 Å². The minimum Gasteiger partial charge on any atom is -0.393 e. The summed E-state index contributed by atoms with van der Waals surface area (Å²) in [4.78, 5) is 0. The quantitative estimate of drug-likeness (QED) is 0.857. The van der Waals surface area contributed by atoms with Crippen molar-refractivity contribution in [3.63, 3.8) is 0 Å². The SMILES string of the molecule is CC(O)C1CCC(OS(=O)C2CCCCC2)CC1. The van der Waals surface area contributed by atoms with E-state index in [0.717, 1.165) is 38.5 Å². The van der Waals surface area contributed by atoms with Crippen LogP contribution in [0, 0.1) is 5.92 Å². The van der Waals surface area contributed by atoms with Crippen molar-refractivity contribution in [2.24, 2.45) is 5.92 Å². The summed E-state index contributed by atoms with van der Waals surface area (Å²) in [6.45, 7) is 1.87. The largest absolute Gasteiger partial charge is 0.393 e. The molecule has 1 N–H and O–H groups in total. The number of aliphatic hydroxyl groups is 1. The molecule has 3 nitrogen and oxygen atoms in total. The average molecular weight is 274 g/mol. The molecule has 0 saturated heterocycles. The molecule has 0 aromatic rings. The molecular weight excluding hydrogens is 248 g/mol. The van der Waals surface area contributed by atoms with Crippen LogP contribution in [-0.2, 0) is 15.3 Å². The topological polar surface area (TPSA) is 46.5 Å². The summed E-state index contributed by atoms with van der Waals surface area (Å²) in [6, 6.07) is 0. The minimum absolute atomic E-state index is 0.155. The Kier molecular flexibility index (Phi) is 5.64. The zero-order chi connectivity index (χ0) is 13.0. The molecule has 0 aromatic carbocycles. The third-order valence-corrected chi connectivity index (χ3v) is 5.93. The molecule has 18 heavy (non-hydrogen) atoms. The Hall–Kier alpha value is 0.0700. The second kappa shape index (κ2) is 7.01. The van der Waals surface area contributed by atoms with Crippen molar-refractivity contribution >= 4 is 11.1 Å². The summed E-state index contributed by atoms with van der Waals surface area (Å²) in [5.41, 5.74) is 0. The van der Waals surface area contributed by atoms with Crippen LogP contribution in [0.25, 0.3) is 0 Å². The van der Waals surface area contributed by atoms with E-state index in [1.165, 1.54) is 19.3 Å². The van der Waals surface area contributed by atoms with Gasteiger partial charge in [-0.05, 0) is 51.4 Å². The van der Waals surface area contributed by atoms with Crippen LogP contribution >= 0.6 is 0 Å². The van der Waals surface area contributed by atoms with Crippen molar-refractivity contribution in [3.05, 3.63) is 0 Å². The third-order valence-electron chi connectivity index (χ3n) is 4.46. The van der Waals surface area contributed by atoms with Gasteiger partial charge in [-0.3, -0.25) is 4.18 Å². The maximum absolute atomic E-state index is 12.1. The highest BCUT2D eigenvalue weighted by Gasteiger charge is 2.28. The normalized spacial score (nSPS) is 34.1. The highest BCUT2D eigenvalue weighted by Crippen LogP contribution is 2.30. The Morgan fingerprint density at radius 3 is 2.22 bits per heavy atom. The smallest absolute Gasteiger partial charge is 0.158 e. The number of hydrogen-bond donors (Lipinski definition) is 1. The lowest BCUT2D eigenvalue weighted by molar-refractivity contribution is 0.0653. The van der Waals surface area contributed by atoms with E-state index in [-0.39, 0.29) is 17.5 Å². The van der Waals surface area contributed by atoms with E-state index in [2.05, 4.69) is 0 Å². The van der Waals surface area contributed by atoms with Gasteiger partial charge < -0.3 is 5.11 Å². The molecule has 2 atom stereocenters. The van der Waals surface area contributed by atoms with Gasteiger partial charge in [0.15, 0.2) is 11.1 Å². The van der Waals surface area contributed by atoms with Crippen LogP contribution in [0.5, 0.6) is 0 Å². The highest BCUT2D eigenvalue weighted by atomic mass is 32.2. The van der Waals surface area contributed by atoms with Crippen molar-refractivity contribution in [1.82, 2.24) is 0 Å². The van der Waals surface area contributed by atoms with E-state index in [9.17, 15) is 9.32 Å². The molecule has 106 valence electrons. The Balaban J connectivity index is 1.72. The number of hydrogen-bond acceptors (Lipinski definition) is 3. The Morgan fingerprint density at radius 2 is 1.67 bits per heavy atom. The Labute approximate surface area is 113 Å². The molecule has 2 rings (SSSR count). The van der Waals surface area contributed by atoms with Gasteiger partial charge in [-0.2, -0.15) is 0 Å². The van der Waals surface area contributed by atoms with Gasteiger partial charge in [0.1, 0.15) is 0 Å². The van der Waals surface area contributed by atoms with Crippen molar-refractivity contribution in [2.45, 2.75) is 82.2 Å². The summed E-state index contributed by atoms with van der Waals surface area (Å²) >= 11 is -1.09. The Bertz CT molecular complexity index is 266. The zero-order valence-corrected chi connectivity index (χ0v) is 12.2. The predicted octanol–water partition coefficient (Wildman–Crippen LogP) is 2.94. The molecule has 2 saturated carbocycles. The lowest BCUT2D eigenvalue weighted by atomic mass is 9.84. The van der Waals surface area contributed by atoms with Gasteiger partial charge in [0.05, 0.1) is 17.5 Å². The fourth-order valence-electron chi connectivity index (χ4n) is 3.14. The van der Waals surface area contributed by atoms with Gasteiger partial charge in [-0.1, -0.05) is 19.3 Å². The summed E-state index contributed by atoms with van der Waals surface area (Å²) in [7, 11) is 0. The van der Waals surface area contributed by atoms with Crippen LogP contribution in [0.15, 0.2) is 0 Å². The summed E-state index contributed by atoms with van der Waals surface area (Å²) in [5, 5.41) is 9.82. The number of rotatable bonds is 4. The van der Waals surface area contributed by atoms with Crippen LogP contribution in [0.2, 0.25) is 0 Å². The minimum atomic E-state index is -1.09. The first-order chi connectivity index (χ1) is 8.66. The van der Waals surface area contributed by atoms with E-state index in [0.29, 0.717) is 5.92 Å². The summed E-state index contributed by atoms with van der Waals surface area (Å²) in [5.74, 6) is 0.410. The molecular formula is C14H26O3S. The van der Waals surface area contributed by atoms with Crippen molar-refractivity contribution in [3.8, 4) is 0 Å². The molecule has 0 heterocycles. The zero-order valence-electron chi connectivity index (χ0n) is 11.3. The van der Waals surface area contributed by atoms with Gasteiger partial charge in [-0.25, -0.2) is 4.21 Å². The van der Waals surface area contributed by atoms with E-state index in [4.69, 9.17) is 4.18 Å².